The van der Waals surface area contributed by atoms with Gasteiger partial charge in [-0.1, -0.05) is 32.1 Å². The van der Waals surface area contributed by atoms with Gasteiger partial charge in [0.25, 0.3) is 0 Å². The van der Waals surface area contributed by atoms with E-state index in [4.69, 9.17) is 4.74 Å². The van der Waals surface area contributed by atoms with E-state index < -0.39 is 0 Å². The van der Waals surface area contributed by atoms with Crippen molar-refractivity contribution < 1.29 is 4.74 Å². The van der Waals surface area contributed by atoms with Gasteiger partial charge in [0.15, 0.2) is 5.96 Å². The molecule has 0 unspecified atom stereocenters. The molecular weight excluding hydrogens is 264 g/mol. The second kappa shape index (κ2) is 10.0. The first-order valence-corrected chi connectivity index (χ1v) is 8.63. The Morgan fingerprint density at radius 3 is 2.52 bits per heavy atom. The van der Waals surface area contributed by atoms with Crippen LogP contribution in [0, 0.1) is 5.92 Å². The van der Waals surface area contributed by atoms with Crippen molar-refractivity contribution in [2.24, 2.45) is 10.9 Å². The lowest BCUT2D eigenvalue weighted by molar-refractivity contribution is 0.0389. The maximum absolute atomic E-state index is 5.36. The largest absolute Gasteiger partial charge is 0.379 e. The highest BCUT2D eigenvalue weighted by atomic mass is 16.5. The Morgan fingerprint density at radius 1 is 1.10 bits per heavy atom. The monoisotopic (exact) mass is 296 g/mol. The fourth-order valence-electron chi connectivity index (χ4n) is 3.25. The van der Waals surface area contributed by atoms with Crippen molar-refractivity contribution in [3.63, 3.8) is 0 Å². The Morgan fingerprint density at radius 2 is 1.81 bits per heavy atom. The summed E-state index contributed by atoms with van der Waals surface area (Å²) in [6.07, 6.45) is 8.42. The van der Waals surface area contributed by atoms with E-state index in [-0.39, 0.29) is 0 Å². The van der Waals surface area contributed by atoms with Crippen molar-refractivity contribution in [3.8, 4) is 0 Å². The molecule has 1 heterocycles. The third kappa shape index (κ3) is 6.66. The van der Waals surface area contributed by atoms with E-state index in [9.17, 15) is 0 Å². The first kappa shape index (κ1) is 16.6. The second-order valence-corrected chi connectivity index (χ2v) is 6.17. The molecule has 0 aromatic carbocycles. The number of aliphatic imine (C=N–C) groups is 1. The topological polar surface area (TPSA) is 48.9 Å². The first-order valence-electron chi connectivity index (χ1n) is 8.63. The lowest BCUT2D eigenvalue weighted by Crippen LogP contribution is -2.44. The second-order valence-electron chi connectivity index (χ2n) is 6.17. The molecule has 5 nitrogen and oxygen atoms in total. The Bertz CT molecular complexity index is 271. The molecule has 0 atom stereocenters. The number of nitrogens with one attached hydrogen (secondary N) is 2. The van der Waals surface area contributed by atoms with Gasteiger partial charge in [-0.2, -0.15) is 0 Å². The van der Waals surface area contributed by atoms with Crippen LogP contribution in [-0.4, -0.2) is 63.8 Å². The molecule has 2 rings (SSSR count). The van der Waals surface area contributed by atoms with Crippen molar-refractivity contribution >= 4 is 5.96 Å². The summed E-state index contributed by atoms with van der Waals surface area (Å²) in [6.45, 7) is 6.89. The van der Waals surface area contributed by atoms with Crippen molar-refractivity contribution in [1.82, 2.24) is 15.5 Å². The van der Waals surface area contributed by atoms with Crippen LogP contribution < -0.4 is 10.6 Å². The smallest absolute Gasteiger partial charge is 0.191 e. The van der Waals surface area contributed by atoms with Crippen molar-refractivity contribution in [2.75, 3.05) is 53.0 Å². The van der Waals surface area contributed by atoms with E-state index in [0.29, 0.717) is 0 Å². The Kier molecular flexibility index (Phi) is 7.89. The predicted octanol–water partition coefficient (Wildman–Crippen LogP) is 1.45. The standard InChI is InChI=1S/C16H32N4O/c1-17-16(18-8-7-15-5-3-2-4-6-15)19-9-10-20-11-13-21-14-12-20/h15H,2-14H2,1H3,(H2,17,18,19). The summed E-state index contributed by atoms with van der Waals surface area (Å²) < 4.78 is 5.36. The molecule has 0 radical (unpaired) electrons. The van der Waals surface area contributed by atoms with Gasteiger partial charge in [-0.25, -0.2) is 0 Å². The predicted molar refractivity (Wildman–Crippen MR) is 87.8 cm³/mol. The average molecular weight is 296 g/mol. The van der Waals surface area contributed by atoms with E-state index in [2.05, 4.69) is 20.5 Å². The number of rotatable bonds is 6. The molecule has 2 fully saturated rings. The summed E-state index contributed by atoms with van der Waals surface area (Å²) in [5.41, 5.74) is 0. The molecule has 1 aliphatic carbocycles. The third-order valence-electron chi connectivity index (χ3n) is 4.62. The highest BCUT2D eigenvalue weighted by molar-refractivity contribution is 5.79. The van der Waals surface area contributed by atoms with Crippen LogP contribution in [0.1, 0.15) is 38.5 Å². The number of guanidine groups is 1. The first-order chi connectivity index (χ1) is 10.4. The SMILES string of the molecule is CN=C(NCCC1CCCCC1)NCCN1CCOCC1. The zero-order chi connectivity index (χ0) is 14.8. The van der Waals surface area contributed by atoms with Crippen LogP contribution in [0.2, 0.25) is 0 Å². The Balaban J connectivity index is 1.53. The zero-order valence-electron chi connectivity index (χ0n) is 13.6. The van der Waals surface area contributed by atoms with Crippen LogP contribution in [0.5, 0.6) is 0 Å². The van der Waals surface area contributed by atoms with Crippen LogP contribution in [0.25, 0.3) is 0 Å². The maximum atomic E-state index is 5.36. The molecular formula is C16H32N4O. The molecule has 1 aliphatic heterocycles. The highest BCUT2D eigenvalue weighted by Crippen LogP contribution is 2.25. The Labute approximate surface area is 129 Å². The fraction of sp³-hybridized carbons (Fsp3) is 0.938. The highest BCUT2D eigenvalue weighted by Gasteiger charge is 2.13. The van der Waals surface area contributed by atoms with E-state index in [0.717, 1.165) is 57.8 Å². The van der Waals surface area contributed by atoms with Crippen LogP contribution in [-0.2, 0) is 4.74 Å². The lowest BCUT2D eigenvalue weighted by Gasteiger charge is -2.27. The Hall–Kier alpha value is -0.810. The summed E-state index contributed by atoms with van der Waals surface area (Å²) in [6, 6.07) is 0. The fourth-order valence-corrected chi connectivity index (χ4v) is 3.25. The number of ether oxygens (including phenoxy) is 1. The number of hydrogen-bond donors (Lipinski definition) is 2. The minimum absolute atomic E-state index is 0.869. The van der Waals surface area contributed by atoms with Gasteiger partial charge in [-0.3, -0.25) is 9.89 Å². The van der Waals surface area contributed by atoms with Crippen molar-refractivity contribution in [1.29, 1.82) is 0 Å². The third-order valence-corrected chi connectivity index (χ3v) is 4.62. The molecule has 0 bridgehead atoms. The van der Waals surface area contributed by atoms with Gasteiger partial charge in [0, 0.05) is 39.8 Å². The van der Waals surface area contributed by atoms with Crippen LogP contribution in [0.15, 0.2) is 4.99 Å². The maximum Gasteiger partial charge on any atom is 0.191 e. The van der Waals surface area contributed by atoms with Gasteiger partial charge < -0.3 is 15.4 Å². The lowest BCUT2D eigenvalue weighted by atomic mass is 9.87. The van der Waals surface area contributed by atoms with Gasteiger partial charge in [-0.05, 0) is 12.3 Å². The molecule has 0 aromatic rings. The summed E-state index contributed by atoms with van der Waals surface area (Å²) in [7, 11) is 1.85. The molecule has 1 saturated carbocycles. The van der Waals surface area contributed by atoms with Crippen LogP contribution >= 0.6 is 0 Å². The molecule has 2 N–H and O–H groups in total. The molecule has 0 spiro atoms. The van der Waals surface area contributed by atoms with Gasteiger partial charge in [-0.15, -0.1) is 0 Å². The van der Waals surface area contributed by atoms with Crippen molar-refractivity contribution in [2.45, 2.75) is 38.5 Å². The quantitative estimate of drug-likeness (QED) is 0.575. The molecule has 1 saturated heterocycles. The van der Waals surface area contributed by atoms with Gasteiger partial charge in [0.05, 0.1) is 13.2 Å². The van der Waals surface area contributed by atoms with Crippen LogP contribution in [0.3, 0.4) is 0 Å². The molecule has 122 valence electrons. The van der Waals surface area contributed by atoms with Gasteiger partial charge in [0.2, 0.25) is 0 Å². The molecule has 0 aromatic heterocycles. The van der Waals surface area contributed by atoms with E-state index >= 15 is 0 Å². The van der Waals surface area contributed by atoms with Crippen LogP contribution in [0.4, 0.5) is 0 Å². The molecule has 21 heavy (non-hydrogen) atoms. The number of hydrogen-bond acceptors (Lipinski definition) is 3. The number of morpholine rings is 1. The van der Waals surface area contributed by atoms with E-state index in [1.165, 1.54) is 38.5 Å². The van der Waals surface area contributed by atoms with E-state index in [1.807, 2.05) is 7.05 Å². The minimum atomic E-state index is 0.869. The summed E-state index contributed by atoms with van der Waals surface area (Å²) in [5.74, 6) is 1.87. The summed E-state index contributed by atoms with van der Waals surface area (Å²) in [5, 5.41) is 6.86. The molecule has 0 amide bonds. The summed E-state index contributed by atoms with van der Waals surface area (Å²) >= 11 is 0. The van der Waals surface area contributed by atoms with Crippen molar-refractivity contribution in [3.05, 3.63) is 0 Å². The summed E-state index contributed by atoms with van der Waals surface area (Å²) in [4.78, 5) is 6.74. The normalized spacial score (nSPS) is 22.2. The van der Waals surface area contributed by atoms with E-state index in [1.54, 1.807) is 0 Å². The zero-order valence-corrected chi connectivity index (χ0v) is 13.6. The van der Waals surface area contributed by atoms with Gasteiger partial charge in [0.1, 0.15) is 0 Å². The average Bonchev–Trinajstić information content (AvgIpc) is 2.55. The van der Waals surface area contributed by atoms with Gasteiger partial charge >= 0.3 is 0 Å². The minimum Gasteiger partial charge on any atom is -0.379 e. The molecule has 5 heteroatoms. The molecule has 2 aliphatic rings. The number of nitrogens with zero attached hydrogens (tertiary/aromatic N) is 2.